The molecule has 7 heteroatoms. The minimum atomic E-state index is -0.786. The van der Waals surface area contributed by atoms with Crippen molar-refractivity contribution in [2.24, 2.45) is 5.92 Å². The maximum atomic E-state index is 12.9. The Bertz CT molecular complexity index is 424. The van der Waals surface area contributed by atoms with Gasteiger partial charge in [-0.1, -0.05) is 0 Å². The fourth-order valence-electron chi connectivity index (χ4n) is 2.70. The monoisotopic (exact) mass is 554 g/mol. The van der Waals surface area contributed by atoms with Gasteiger partial charge in [0, 0.05) is 0 Å². The fraction of sp³-hybridized carbons (Fsp3) is 0.909. The van der Waals surface area contributed by atoms with Crippen LogP contribution < -0.4 is 0 Å². The van der Waals surface area contributed by atoms with Gasteiger partial charge in [0.25, 0.3) is 0 Å². The van der Waals surface area contributed by atoms with Crippen LogP contribution in [0.4, 0.5) is 0 Å². The third-order valence-electron chi connectivity index (χ3n) is 4.56. The minimum absolute atomic E-state index is 0.0344. The van der Waals surface area contributed by atoms with Gasteiger partial charge in [0.2, 0.25) is 0 Å². The molecule has 0 saturated carbocycles. The molecule has 4 nitrogen and oxygen atoms in total. The quantitative estimate of drug-likeness (QED) is 0.0689. The van der Waals surface area contributed by atoms with Gasteiger partial charge < -0.3 is 0 Å². The number of carbonyl (C=O) groups is 2. The SMILES string of the molecule is CCCCOC(=O)CC(S)S[C@@H]([Sn][CH2]CCC)C(CCCC)C(=O)OCCCC. The van der Waals surface area contributed by atoms with E-state index in [1.54, 1.807) is 11.8 Å². The average molecular weight is 553 g/mol. The Morgan fingerprint density at radius 2 is 1.48 bits per heavy atom. The van der Waals surface area contributed by atoms with Crippen molar-refractivity contribution in [3.8, 4) is 0 Å². The first kappa shape index (κ1) is 29.4. The summed E-state index contributed by atoms with van der Waals surface area (Å²) in [5.41, 5.74) is 0. The van der Waals surface area contributed by atoms with Crippen LogP contribution in [-0.2, 0) is 19.1 Å². The number of hydrogen-bond donors (Lipinski definition) is 1. The Labute approximate surface area is 199 Å². The van der Waals surface area contributed by atoms with Crippen LogP contribution in [0.25, 0.3) is 0 Å². The second kappa shape index (κ2) is 20.3. The molecular weight excluding hydrogens is 511 g/mol. The second-order valence-corrected chi connectivity index (χ2v) is 15.3. The van der Waals surface area contributed by atoms with E-state index in [2.05, 4.69) is 40.3 Å². The van der Waals surface area contributed by atoms with Crippen LogP contribution in [0.5, 0.6) is 0 Å². The molecule has 0 heterocycles. The Morgan fingerprint density at radius 1 is 0.897 bits per heavy atom. The normalized spacial score (nSPS) is 14.2. The summed E-state index contributed by atoms with van der Waals surface area (Å²) in [6.07, 6.45) is 9.55. The molecule has 0 aromatic carbocycles. The number of thioether (sulfide) groups is 1. The number of ether oxygens (including phenoxy) is 2. The molecule has 0 aromatic rings. The molecule has 0 fully saturated rings. The van der Waals surface area contributed by atoms with Crippen molar-refractivity contribution in [2.75, 3.05) is 13.2 Å². The van der Waals surface area contributed by atoms with Crippen LogP contribution >= 0.6 is 24.4 Å². The van der Waals surface area contributed by atoms with Crippen molar-refractivity contribution in [3.63, 3.8) is 0 Å². The summed E-state index contributed by atoms with van der Waals surface area (Å²) in [6, 6.07) is 0. The average Bonchev–Trinajstić information content (AvgIpc) is 2.68. The summed E-state index contributed by atoms with van der Waals surface area (Å²) in [5, 5.41) is 0. The zero-order chi connectivity index (χ0) is 21.9. The van der Waals surface area contributed by atoms with Crippen LogP contribution in [0.15, 0.2) is 0 Å². The first-order valence-corrected chi connectivity index (χ1v) is 16.5. The van der Waals surface area contributed by atoms with E-state index < -0.39 is 21.1 Å². The van der Waals surface area contributed by atoms with Crippen LogP contribution in [0.3, 0.4) is 0 Å². The van der Waals surface area contributed by atoms with Gasteiger partial charge in [0.05, 0.1) is 0 Å². The van der Waals surface area contributed by atoms with E-state index in [0.29, 0.717) is 22.9 Å². The van der Waals surface area contributed by atoms with Gasteiger partial charge in [-0.3, -0.25) is 0 Å². The molecular formula is C22H42O4S2Sn. The van der Waals surface area contributed by atoms with Gasteiger partial charge in [-0.2, -0.15) is 0 Å². The van der Waals surface area contributed by atoms with Crippen molar-refractivity contribution in [2.45, 2.75) is 104 Å². The van der Waals surface area contributed by atoms with Crippen LogP contribution in [0, 0.1) is 5.92 Å². The van der Waals surface area contributed by atoms with Crippen molar-refractivity contribution in [1.29, 1.82) is 0 Å². The summed E-state index contributed by atoms with van der Waals surface area (Å²) in [6.45, 7) is 9.55. The molecule has 0 aliphatic heterocycles. The van der Waals surface area contributed by atoms with Crippen molar-refractivity contribution >= 4 is 57.5 Å². The molecule has 0 N–H and O–H groups in total. The zero-order valence-corrected chi connectivity index (χ0v) is 23.5. The molecule has 0 aliphatic carbocycles. The molecule has 2 unspecified atom stereocenters. The number of carbonyl (C=O) groups excluding carboxylic acids is 2. The number of esters is 2. The van der Waals surface area contributed by atoms with Crippen LogP contribution in [0.2, 0.25) is 4.44 Å². The number of hydrogen-bond acceptors (Lipinski definition) is 6. The van der Waals surface area contributed by atoms with Gasteiger partial charge in [0.15, 0.2) is 0 Å². The molecule has 0 saturated heterocycles. The molecule has 0 aliphatic rings. The Hall–Kier alpha value is 0.439. The van der Waals surface area contributed by atoms with Gasteiger partial charge in [0.1, 0.15) is 0 Å². The van der Waals surface area contributed by atoms with Gasteiger partial charge in [-0.15, -0.1) is 0 Å². The summed E-state index contributed by atoms with van der Waals surface area (Å²) in [7, 11) is 0. The van der Waals surface area contributed by atoms with Gasteiger partial charge >= 0.3 is 200 Å². The second-order valence-electron chi connectivity index (χ2n) is 7.37. The van der Waals surface area contributed by atoms with E-state index in [0.717, 1.165) is 44.9 Å². The van der Waals surface area contributed by atoms with Crippen LogP contribution in [-0.4, -0.2) is 54.1 Å². The standard InChI is InChI=1S/C18H33O4S2.C4H9.Sn/c1-4-7-10-15(18(20)22-12-9-6-3)14-24-17(23)13-16(19)21-11-8-5-2;1-3-4-2;/h14-15,17,23H,4-13H2,1-3H3;1,3-4H2,2H3;. The molecule has 170 valence electrons. The Kier molecular flexibility index (Phi) is 20.7. The van der Waals surface area contributed by atoms with E-state index in [1.165, 1.54) is 17.3 Å². The first-order chi connectivity index (χ1) is 14.0. The summed E-state index contributed by atoms with van der Waals surface area (Å²) < 4.78 is 12.3. The molecule has 0 aromatic heterocycles. The molecule has 0 spiro atoms. The fourth-order valence-corrected chi connectivity index (χ4v) is 12.4. The molecule has 29 heavy (non-hydrogen) atoms. The number of thiol groups is 1. The molecule has 0 rings (SSSR count). The zero-order valence-electron chi connectivity index (χ0n) is 18.9. The predicted molar refractivity (Wildman–Crippen MR) is 129 cm³/mol. The van der Waals surface area contributed by atoms with Gasteiger partial charge in [-0.05, 0) is 0 Å². The Morgan fingerprint density at radius 3 is 2.07 bits per heavy atom. The molecule has 0 amide bonds. The summed E-state index contributed by atoms with van der Waals surface area (Å²) in [4.78, 5) is 24.9. The summed E-state index contributed by atoms with van der Waals surface area (Å²) >= 11 is 5.62. The predicted octanol–water partition coefficient (Wildman–Crippen LogP) is 6.11. The third-order valence-corrected chi connectivity index (χ3v) is 12.6. The van der Waals surface area contributed by atoms with E-state index in [1.807, 2.05) is 0 Å². The molecule has 3 atom stereocenters. The van der Waals surface area contributed by atoms with E-state index in [-0.39, 0.29) is 22.4 Å². The van der Waals surface area contributed by atoms with Crippen LogP contribution in [0.1, 0.15) is 91.9 Å². The van der Waals surface area contributed by atoms with E-state index in [4.69, 9.17) is 9.47 Å². The first-order valence-electron chi connectivity index (χ1n) is 11.4. The van der Waals surface area contributed by atoms with E-state index in [9.17, 15) is 9.59 Å². The van der Waals surface area contributed by atoms with Crippen molar-refractivity contribution in [3.05, 3.63) is 0 Å². The van der Waals surface area contributed by atoms with E-state index >= 15 is 0 Å². The van der Waals surface area contributed by atoms with Crippen molar-refractivity contribution in [1.82, 2.24) is 0 Å². The van der Waals surface area contributed by atoms with Gasteiger partial charge in [-0.25, -0.2) is 0 Å². The molecule has 0 bridgehead atoms. The Balaban J connectivity index is 4.97. The number of rotatable bonds is 19. The van der Waals surface area contributed by atoms with Crippen molar-refractivity contribution < 1.29 is 19.1 Å². The number of unbranched alkanes of at least 4 members (excludes halogenated alkanes) is 4. The maximum absolute atomic E-state index is 12.9. The topological polar surface area (TPSA) is 52.6 Å². The molecule has 2 radical (unpaired) electrons. The third kappa shape index (κ3) is 15.8. The summed E-state index contributed by atoms with van der Waals surface area (Å²) in [5.74, 6) is -0.266.